The van der Waals surface area contributed by atoms with E-state index < -0.39 is 13.0 Å². The molecule has 2 heterocycles. The van der Waals surface area contributed by atoms with E-state index in [0.717, 1.165) is 17.9 Å². The van der Waals surface area contributed by atoms with Crippen molar-refractivity contribution < 1.29 is 13.5 Å². The van der Waals surface area contributed by atoms with Gasteiger partial charge in [-0.2, -0.15) is 11.8 Å². The monoisotopic (exact) mass is 288 g/mol. The maximum atomic E-state index is 12.0. The highest BCUT2D eigenvalue weighted by Gasteiger charge is 2.13. The van der Waals surface area contributed by atoms with Gasteiger partial charge in [-0.25, -0.2) is 13.8 Å². The molecule has 1 fully saturated rings. The number of thioether (sulfide) groups is 1. The summed E-state index contributed by atoms with van der Waals surface area (Å²) in [6.07, 6.45) is 1.57. The number of nitrogens with one attached hydrogen (secondary N) is 1. The molecule has 1 aromatic heterocycles. The number of ether oxygens (including phenoxy) is 1. The minimum absolute atomic E-state index is 0.262. The van der Waals surface area contributed by atoms with Crippen molar-refractivity contribution >= 4 is 11.8 Å². The highest BCUT2D eigenvalue weighted by atomic mass is 32.2. The molecule has 106 valence electrons. The summed E-state index contributed by atoms with van der Waals surface area (Å²) in [6.45, 7) is 0.113. The Bertz CT molecular complexity index is 387. The third kappa shape index (κ3) is 5.32. The Balaban J connectivity index is 1.80. The van der Waals surface area contributed by atoms with Gasteiger partial charge in [0.25, 0.3) is 6.43 Å². The molecular weight excluding hydrogens is 270 g/mol. The second-order valence-corrected chi connectivity index (χ2v) is 5.65. The fourth-order valence-electron chi connectivity index (χ4n) is 1.95. The average Bonchev–Trinajstić information content (AvgIpc) is 2.44. The van der Waals surface area contributed by atoms with Gasteiger partial charge in [0, 0.05) is 30.6 Å². The molecule has 1 aliphatic heterocycles. The third-order valence-corrected chi connectivity index (χ3v) is 4.13. The fraction of sp³-hybridized carbons (Fsp3) is 0.615. The lowest BCUT2D eigenvalue weighted by Crippen LogP contribution is -2.33. The SMILES string of the molecule is FC(F)COc1cc(CN[C@@H]2CCCSC2)ccn1. The second-order valence-electron chi connectivity index (χ2n) is 4.50. The molecule has 1 N–H and O–H groups in total. The van der Waals surface area contributed by atoms with Gasteiger partial charge in [0.1, 0.15) is 0 Å². The van der Waals surface area contributed by atoms with E-state index in [4.69, 9.17) is 4.74 Å². The molecule has 1 atom stereocenters. The van der Waals surface area contributed by atoms with Crippen LogP contribution in [-0.4, -0.2) is 35.6 Å². The van der Waals surface area contributed by atoms with Gasteiger partial charge < -0.3 is 10.1 Å². The minimum atomic E-state index is -2.47. The summed E-state index contributed by atoms with van der Waals surface area (Å²) < 4.78 is 29.0. The Labute approximate surface area is 116 Å². The van der Waals surface area contributed by atoms with Crippen LogP contribution in [0.25, 0.3) is 0 Å². The lowest BCUT2D eigenvalue weighted by Gasteiger charge is -2.22. The molecule has 0 unspecified atom stereocenters. The van der Waals surface area contributed by atoms with Gasteiger partial charge in [-0.15, -0.1) is 0 Å². The van der Waals surface area contributed by atoms with Gasteiger partial charge in [0.15, 0.2) is 6.61 Å². The van der Waals surface area contributed by atoms with Gasteiger partial charge in [-0.3, -0.25) is 0 Å². The number of hydrogen-bond donors (Lipinski definition) is 1. The summed E-state index contributed by atoms with van der Waals surface area (Å²) in [5.74, 6) is 2.65. The normalized spacial score (nSPS) is 19.6. The standard InChI is InChI=1S/C13H18F2N2OS/c14-12(15)8-18-13-6-10(3-4-16-13)7-17-11-2-1-5-19-9-11/h3-4,6,11-12,17H,1-2,5,7-9H2/t11-/m1/s1. The predicted octanol–water partition coefficient (Wildman–Crippen LogP) is 2.71. The minimum Gasteiger partial charge on any atom is -0.472 e. The van der Waals surface area contributed by atoms with E-state index in [9.17, 15) is 8.78 Å². The number of hydrogen-bond acceptors (Lipinski definition) is 4. The van der Waals surface area contributed by atoms with Gasteiger partial charge >= 0.3 is 0 Å². The van der Waals surface area contributed by atoms with E-state index in [2.05, 4.69) is 10.3 Å². The van der Waals surface area contributed by atoms with E-state index in [1.165, 1.54) is 18.6 Å². The molecule has 0 aromatic carbocycles. The first kappa shape index (κ1) is 14.5. The average molecular weight is 288 g/mol. The smallest absolute Gasteiger partial charge is 0.272 e. The Morgan fingerprint density at radius 1 is 1.53 bits per heavy atom. The number of rotatable bonds is 6. The van der Waals surface area contributed by atoms with Crippen LogP contribution in [0.5, 0.6) is 5.88 Å². The zero-order chi connectivity index (χ0) is 13.5. The molecule has 1 aromatic rings. The molecule has 0 saturated carbocycles. The quantitative estimate of drug-likeness (QED) is 0.873. The van der Waals surface area contributed by atoms with Gasteiger partial charge in [0.2, 0.25) is 5.88 Å². The van der Waals surface area contributed by atoms with Crippen molar-refractivity contribution in [3.8, 4) is 5.88 Å². The van der Waals surface area contributed by atoms with Crippen molar-refractivity contribution in [1.29, 1.82) is 0 Å². The summed E-state index contributed by atoms with van der Waals surface area (Å²) in [5.41, 5.74) is 1.01. The molecule has 19 heavy (non-hydrogen) atoms. The predicted molar refractivity (Wildman–Crippen MR) is 72.9 cm³/mol. The first-order valence-electron chi connectivity index (χ1n) is 6.41. The number of nitrogens with zero attached hydrogens (tertiary/aromatic N) is 1. The van der Waals surface area contributed by atoms with E-state index in [1.54, 1.807) is 12.3 Å². The molecule has 0 aliphatic carbocycles. The lowest BCUT2D eigenvalue weighted by molar-refractivity contribution is 0.0795. The van der Waals surface area contributed by atoms with Crippen molar-refractivity contribution in [1.82, 2.24) is 10.3 Å². The molecule has 0 radical (unpaired) electrons. The van der Waals surface area contributed by atoms with Crippen LogP contribution in [0.3, 0.4) is 0 Å². The lowest BCUT2D eigenvalue weighted by atomic mass is 10.1. The molecule has 3 nitrogen and oxygen atoms in total. The number of aromatic nitrogens is 1. The van der Waals surface area contributed by atoms with Crippen molar-refractivity contribution in [2.24, 2.45) is 0 Å². The van der Waals surface area contributed by atoms with Crippen LogP contribution in [0.15, 0.2) is 18.3 Å². The molecule has 0 spiro atoms. The zero-order valence-corrected chi connectivity index (χ0v) is 11.5. The summed E-state index contributed by atoms with van der Waals surface area (Å²) in [7, 11) is 0. The first-order chi connectivity index (χ1) is 9.24. The molecule has 0 bridgehead atoms. The van der Waals surface area contributed by atoms with E-state index in [-0.39, 0.29) is 5.88 Å². The summed E-state index contributed by atoms with van der Waals surface area (Å²) in [5, 5.41) is 3.48. The number of pyridine rings is 1. The van der Waals surface area contributed by atoms with Crippen LogP contribution in [0, 0.1) is 0 Å². The second kappa shape index (κ2) is 7.65. The summed E-state index contributed by atoms with van der Waals surface area (Å²) in [4.78, 5) is 3.92. The van der Waals surface area contributed by atoms with Gasteiger partial charge in [-0.1, -0.05) is 0 Å². The Morgan fingerprint density at radius 2 is 2.42 bits per heavy atom. The summed E-state index contributed by atoms with van der Waals surface area (Å²) >= 11 is 1.97. The largest absolute Gasteiger partial charge is 0.472 e. The van der Waals surface area contributed by atoms with Crippen LogP contribution in [0.1, 0.15) is 18.4 Å². The van der Waals surface area contributed by atoms with E-state index in [1.807, 2.05) is 17.8 Å². The maximum absolute atomic E-state index is 12.0. The first-order valence-corrected chi connectivity index (χ1v) is 7.56. The Morgan fingerprint density at radius 3 is 3.16 bits per heavy atom. The van der Waals surface area contributed by atoms with Crippen molar-refractivity contribution in [3.05, 3.63) is 23.9 Å². The Kier molecular flexibility index (Phi) is 5.85. The van der Waals surface area contributed by atoms with Crippen LogP contribution in [-0.2, 0) is 6.54 Å². The molecule has 6 heteroatoms. The van der Waals surface area contributed by atoms with Crippen LogP contribution in [0.4, 0.5) is 8.78 Å². The van der Waals surface area contributed by atoms with Crippen molar-refractivity contribution in [2.45, 2.75) is 31.9 Å². The van der Waals surface area contributed by atoms with Crippen LogP contribution >= 0.6 is 11.8 Å². The van der Waals surface area contributed by atoms with E-state index >= 15 is 0 Å². The maximum Gasteiger partial charge on any atom is 0.272 e. The molecule has 2 rings (SSSR count). The highest BCUT2D eigenvalue weighted by molar-refractivity contribution is 7.99. The van der Waals surface area contributed by atoms with E-state index in [0.29, 0.717) is 6.04 Å². The Hall–Kier alpha value is -0.880. The topological polar surface area (TPSA) is 34.1 Å². The third-order valence-electron chi connectivity index (χ3n) is 2.91. The summed E-state index contributed by atoms with van der Waals surface area (Å²) in [6, 6.07) is 4.13. The molecule has 1 aliphatic rings. The van der Waals surface area contributed by atoms with Crippen LogP contribution < -0.4 is 10.1 Å². The van der Waals surface area contributed by atoms with Crippen molar-refractivity contribution in [2.75, 3.05) is 18.1 Å². The number of halogens is 2. The number of alkyl halides is 2. The molecular formula is C13H18F2N2OS. The zero-order valence-electron chi connectivity index (χ0n) is 10.6. The fourth-order valence-corrected chi connectivity index (χ4v) is 3.06. The molecule has 0 amide bonds. The highest BCUT2D eigenvalue weighted by Crippen LogP contribution is 2.17. The van der Waals surface area contributed by atoms with Gasteiger partial charge in [-0.05, 0) is 30.2 Å². The van der Waals surface area contributed by atoms with Crippen LogP contribution in [0.2, 0.25) is 0 Å². The van der Waals surface area contributed by atoms with Crippen molar-refractivity contribution in [3.63, 3.8) is 0 Å². The molecule has 1 saturated heterocycles. The van der Waals surface area contributed by atoms with Gasteiger partial charge in [0.05, 0.1) is 0 Å².